The zero-order chi connectivity index (χ0) is 4.99. The average Bonchev–Trinajstić information content (AvgIpc) is 1.35. The molecule has 0 rings (SSSR count). The van der Waals surface area contributed by atoms with Gasteiger partial charge in [-0.05, 0) is 0 Å². The Balaban J connectivity index is 3.05. The van der Waals surface area contributed by atoms with Crippen molar-refractivity contribution in [2.45, 2.75) is 0 Å². The molecule has 5 heteroatoms. The molecule has 0 heterocycles. The number of amides is 1. The maximum atomic E-state index is 9.33. The van der Waals surface area contributed by atoms with Crippen LogP contribution < -0.4 is 5.09 Å². The third kappa shape index (κ3) is 3.50. The molecular weight excluding hydrogens is 105 g/mol. The fourth-order valence-corrected chi connectivity index (χ4v) is 0.151. The first-order valence-corrected chi connectivity index (χ1v) is 2.25. The standard InChI is InChI=1S/CH4NO3P/c3-1(4)2-6-5/h6H2,(H,2,5)(H,3,4). The molecule has 0 aliphatic heterocycles. The Morgan fingerprint density at radius 3 is 2.33 bits per heavy atom. The van der Waals surface area contributed by atoms with Crippen LogP contribution in [0.2, 0.25) is 0 Å². The van der Waals surface area contributed by atoms with Gasteiger partial charge in [-0.3, -0.25) is 5.09 Å². The molecule has 0 fully saturated rings. The zero-order valence-electron chi connectivity index (χ0n) is 2.84. The first kappa shape index (κ1) is 5.50. The van der Waals surface area contributed by atoms with Crippen LogP contribution >= 0.6 is 8.61 Å². The minimum Gasteiger partial charge on any atom is -0.465 e. The van der Waals surface area contributed by atoms with E-state index in [-0.39, 0.29) is 0 Å². The second-order valence-electron chi connectivity index (χ2n) is 0.567. The molecule has 0 spiro atoms. The molecule has 1 atom stereocenters. The van der Waals surface area contributed by atoms with Gasteiger partial charge in [0.2, 0.25) is 0 Å². The third-order valence-electron chi connectivity index (χ3n) is 0.182. The van der Waals surface area contributed by atoms with Crippen LogP contribution in [0.1, 0.15) is 0 Å². The van der Waals surface area contributed by atoms with Crippen molar-refractivity contribution in [3.63, 3.8) is 0 Å². The van der Waals surface area contributed by atoms with Crippen LogP contribution in [0.25, 0.3) is 0 Å². The molecular formula is CH4NO3P. The largest absolute Gasteiger partial charge is 0.465 e. The van der Waals surface area contributed by atoms with Gasteiger partial charge in [0.05, 0.1) is 0 Å². The van der Waals surface area contributed by atoms with Gasteiger partial charge in [-0.15, -0.1) is 0 Å². The molecule has 0 bridgehead atoms. The molecule has 0 aliphatic carbocycles. The van der Waals surface area contributed by atoms with E-state index in [9.17, 15) is 9.36 Å². The van der Waals surface area contributed by atoms with Gasteiger partial charge in [0.1, 0.15) is 0 Å². The summed E-state index contributed by atoms with van der Waals surface area (Å²) in [6, 6.07) is 0. The van der Waals surface area contributed by atoms with E-state index in [0.717, 1.165) is 0 Å². The Bertz CT molecular complexity index is 71.2. The summed E-state index contributed by atoms with van der Waals surface area (Å²) in [5.41, 5.74) is 0. The van der Waals surface area contributed by atoms with Gasteiger partial charge >= 0.3 is 6.09 Å². The van der Waals surface area contributed by atoms with E-state index in [1.807, 2.05) is 0 Å². The zero-order valence-corrected chi connectivity index (χ0v) is 4.00. The Kier molecular flexibility index (Phi) is 2.50. The number of carbonyl (C=O) groups is 1. The van der Waals surface area contributed by atoms with Gasteiger partial charge < -0.3 is 9.67 Å². The van der Waals surface area contributed by atoms with Crippen molar-refractivity contribution in [2.24, 2.45) is 0 Å². The topological polar surface area (TPSA) is 66.4 Å². The van der Waals surface area contributed by atoms with Crippen molar-refractivity contribution < 1.29 is 14.5 Å². The highest BCUT2D eigenvalue weighted by atomic mass is 31.1. The Morgan fingerprint density at radius 2 is 2.33 bits per heavy atom. The summed E-state index contributed by atoms with van der Waals surface area (Å²) in [7, 11) is -1.35. The van der Waals surface area contributed by atoms with E-state index >= 15 is 0 Å². The molecule has 0 aromatic heterocycles. The Hall–Kier alpha value is -0.500. The van der Waals surface area contributed by atoms with Crippen LogP contribution in [0.5, 0.6) is 0 Å². The predicted octanol–water partition coefficient (Wildman–Crippen LogP) is -0.0747. The molecule has 1 amide bonds. The molecule has 0 radical (unpaired) electrons. The summed E-state index contributed by atoms with van der Waals surface area (Å²) in [6.45, 7) is 0. The summed E-state index contributed by atoms with van der Waals surface area (Å²) in [6.07, 6.45) is -1.24. The summed E-state index contributed by atoms with van der Waals surface area (Å²) >= 11 is 0. The highest BCUT2D eigenvalue weighted by Gasteiger charge is 1.82. The number of hydrogen-bond donors (Lipinski definition) is 2. The lowest BCUT2D eigenvalue weighted by Crippen LogP contribution is -2.06. The normalized spacial score (nSPS) is 9.33. The highest BCUT2D eigenvalue weighted by Crippen LogP contribution is 1.76. The lowest BCUT2D eigenvalue weighted by Gasteiger charge is -1.79. The van der Waals surface area contributed by atoms with Crippen LogP contribution in [-0.4, -0.2) is 11.2 Å². The van der Waals surface area contributed by atoms with Gasteiger partial charge in [-0.1, -0.05) is 0 Å². The van der Waals surface area contributed by atoms with Crippen LogP contribution in [0.15, 0.2) is 0 Å². The van der Waals surface area contributed by atoms with Crippen molar-refractivity contribution in [1.29, 1.82) is 0 Å². The van der Waals surface area contributed by atoms with Crippen LogP contribution in [0.4, 0.5) is 4.79 Å². The van der Waals surface area contributed by atoms with Crippen LogP contribution in [0.3, 0.4) is 0 Å². The van der Waals surface area contributed by atoms with Crippen LogP contribution in [0, 0.1) is 0 Å². The number of hydrogen-bond acceptors (Lipinski definition) is 2. The fourth-order valence-electron chi connectivity index (χ4n) is 0.0504. The van der Waals surface area contributed by atoms with E-state index in [4.69, 9.17) is 5.11 Å². The SMILES string of the molecule is O=[PH2]NC(=O)O. The molecule has 0 saturated carbocycles. The van der Waals surface area contributed by atoms with Crippen molar-refractivity contribution in [3.8, 4) is 0 Å². The maximum Gasteiger partial charge on any atom is 0.409 e. The molecule has 0 aromatic carbocycles. The molecule has 0 aromatic rings. The predicted molar refractivity (Wildman–Crippen MR) is 21.6 cm³/mol. The van der Waals surface area contributed by atoms with Gasteiger partial charge in [-0.25, -0.2) is 4.79 Å². The van der Waals surface area contributed by atoms with E-state index < -0.39 is 14.7 Å². The molecule has 6 heavy (non-hydrogen) atoms. The fraction of sp³-hybridized carbons (Fsp3) is 0. The highest BCUT2D eigenvalue weighted by molar-refractivity contribution is 7.22. The quantitative estimate of drug-likeness (QED) is 0.463. The second kappa shape index (κ2) is 2.72. The minimum absolute atomic E-state index is 1.24. The Labute approximate surface area is 35.4 Å². The number of nitrogens with one attached hydrogen (secondary N) is 1. The lowest BCUT2D eigenvalue weighted by atomic mass is 11.3. The monoisotopic (exact) mass is 109 g/mol. The van der Waals surface area contributed by atoms with Gasteiger partial charge in [0.25, 0.3) is 0 Å². The van der Waals surface area contributed by atoms with Crippen molar-refractivity contribution in [1.82, 2.24) is 5.09 Å². The van der Waals surface area contributed by atoms with Crippen molar-refractivity contribution >= 4 is 14.7 Å². The van der Waals surface area contributed by atoms with E-state index in [1.54, 1.807) is 5.09 Å². The average molecular weight is 109 g/mol. The van der Waals surface area contributed by atoms with Crippen LogP contribution in [-0.2, 0) is 4.57 Å². The molecule has 36 valence electrons. The first-order valence-electron chi connectivity index (χ1n) is 1.20. The number of rotatable bonds is 1. The molecule has 4 nitrogen and oxygen atoms in total. The molecule has 2 N–H and O–H groups in total. The molecule has 0 aliphatic rings. The second-order valence-corrected chi connectivity index (χ2v) is 1.09. The van der Waals surface area contributed by atoms with Crippen molar-refractivity contribution in [2.75, 3.05) is 0 Å². The summed E-state index contributed by atoms with van der Waals surface area (Å²) in [5, 5.41) is 9.28. The van der Waals surface area contributed by atoms with E-state index in [2.05, 4.69) is 0 Å². The lowest BCUT2D eigenvalue weighted by molar-refractivity contribution is 0.201. The van der Waals surface area contributed by atoms with E-state index in [1.165, 1.54) is 0 Å². The van der Waals surface area contributed by atoms with Gasteiger partial charge in [-0.2, -0.15) is 0 Å². The summed E-state index contributed by atoms with van der Waals surface area (Å²) in [4.78, 5) is 9.31. The van der Waals surface area contributed by atoms with Gasteiger partial charge in [0, 0.05) is 0 Å². The van der Waals surface area contributed by atoms with E-state index in [0.29, 0.717) is 0 Å². The third-order valence-corrected chi connectivity index (χ3v) is 0.547. The first-order chi connectivity index (χ1) is 2.77. The van der Waals surface area contributed by atoms with Gasteiger partial charge in [0.15, 0.2) is 8.61 Å². The Morgan fingerprint density at radius 1 is 1.83 bits per heavy atom. The summed E-state index contributed by atoms with van der Waals surface area (Å²) in [5.74, 6) is 0. The molecule has 1 unspecified atom stereocenters. The smallest absolute Gasteiger partial charge is 0.409 e. The van der Waals surface area contributed by atoms with Crippen molar-refractivity contribution in [3.05, 3.63) is 0 Å². The molecule has 0 saturated heterocycles. The number of carboxylic acid groups (broad SMARTS) is 1. The minimum atomic E-state index is -1.35. The summed E-state index contributed by atoms with van der Waals surface area (Å²) < 4.78 is 9.33. The maximum absolute atomic E-state index is 9.33.